The van der Waals surface area contributed by atoms with Crippen LogP contribution in [0.2, 0.25) is 36.3 Å². The molecular weight excluding hydrogens is 1520 g/mol. The van der Waals surface area contributed by atoms with Crippen molar-refractivity contribution < 1.29 is 43.4 Å². The van der Waals surface area contributed by atoms with E-state index in [4.69, 9.17) is 8.85 Å². The van der Waals surface area contributed by atoms with E-state index in [0.29, 0.717) is 64.1 Å². The molecular formula is C107H179O9PSi2. The normalized spacial score (nSPS) is 30.3. The lowest BCUT2D eigenvalue weighted by atomic mass is 9.62. The monoisotopic (exact) mass is 1700 g/mol. The molecule has 0 aromatic heterocycles. The van der Waals surface area contributed by atoms with Crippen molar-refractivity contribution in [3.8, 4) is 0 Å². The van der Waals surface area contributed by atoms with Gasteiger partial charge in [0.1, 0.15) is 18.7 Å². The number of hydrogen-bond donors (Lipinski definition) is 4. The molecule has 119 heavy (non-hydrogen) atoms. The van der Waals surface area contributed by atoms with E-state index in [1.54, 1.807) is 16.7 Å². The van der Waals surface area contributed by atoms with Crippen molar-refractivity contribution in [1.82, 2.24) is 0 Å². The van der Waals surface area contributed by atoms with Gasteiger partial charge in [-0.25, -0.2) is 0 Å². The van der Waals surface area contributed by atoms with Crippen molar-refractivity contribution in [2.24, 2.45) is 68.0 Å². The summed E-state index contributed by atoms with van der Waals surface area (Å²) < 4.78 is 28.7. The number of carbonyl (C=O) groups excluding carboxylic acids is 2. The molecule has 4 N–H and O–H groups in total. The lowest BCUT2D eigenvalue weighted by molar-refractivity contribution is -0.129. The molecule has 11 rings (SSSR count). The van der Waals surface area contributed by atoms with Gasteiger partial charge in [0.2, 0.25) is 0 Å². The Bertz CT molecular complexity index is 3730. The Labute approximate surface area is 732 Å². The van der Waals surface area contributed by atoms with Crippen LogP contribution in [-0.2, 0) is 23.0 Å². The van der Waals surface area contributed by atoms with Crippen LogP contribution in [0.4, 0.5) is 0 Å². The summed E-state index contributed by atoms with van der Waals surface area (Å²) in [5.41, 5.74) is 12.2. The van der Waals surface area contributed by atoms with Gasteiger partial charge in [0.25, 0.3) is 0 Å². The maximum Gasteiger partial charge on any atom is 0.192 e. The molecule has 9 aliphatic carbocycles. The molecule has 1 unspecified atom stereocenters. The van der Waals surface area contributed by atoms with E-state index in [-0.39, 0.29) is 56.2 Å². The third-order valence-corrected chi connectivity index (χ3v) is 44.1. The molecule has 0 amide bonds. The number of allylic oxidation sites excluding steroid dienone is 7. The summed E-state index contributed by atoms with van der Waals surface area (Å²) in [6.07, 6.45) is 39.6. The fourth-order valence-corrected chi connectivity index (χ4v) is 28.0. The highest BCUT2D eigenvalue weighted by Gasteiger charge is 2.55. The van der Waals surface area contributed by atoms with Gasteiger partial charge >= 0.3 is 0 Å². The highest BCUT2D eigenvalue weighted by atomic mass is 31.2. The Morgan fingerprint density at radius 1 is 0.487 bits per heavy atom. The average molecular weight is 1700 g/mol. The number of aliphatic hydroxyl groups is 4. The summed E-state index contributed by atoms with van der Waals surface area (Å²) in [7, 11) is -6.92. The van der Waals surface area contributed by atoms with Crippen LogP contribution in [-0.4, -0.2) is 90.4 Å². The second kappa shape index (κ2) is 41.6. The lowest BCUT2D eigenvalue weighted by Gasteiger charge is -2.46. The Morgan fingerprint density at radius 3 is 1.36 bits per heavy atom. The molecule has 0 spiro atoms. The Kier molecular flexibility index (Phi) is 35.9. The third kappa shape index (κ3) is 27.3. The van der Waals surface area contributed by atoms with Crippen molar-refractivity contribution >= 4 is 46.0 Å². The highest BCUT2D eigenvalue weighted by Crippen LogP contribution is 2.61. The summed E-state index contributed by atoms with van der Waals surface area (Å²) in [5, 5.41) is 42.2. The number of hydrogen-bond acceptors (Lipinski definition) is 9. The van der Waals surface area contributed by atoms with Gasteiger partial charge in [-0.3, -0.25) is 9.59 Å². The van der Waals surface area contributed by atoms with Gasteiger partial charge in [-0.05, 0) is 339 Å². The van der Waals surface area contributed by atoms with Crippen molar-refractivity contribution in [1.29, 1.82) is 0 Å². The molecule has 12 heteroatoms. The molecule has 674 valence electrons. The molecule has 9 nitrogen and oxygen atoms in total. The van der Waals surface area contributed by atoms with E-state index >= 15 is 0 Å². The SMILES string of the molecule is C/C(CCCC(C)(C)C)=C1\CC[C@H]2C(=O)CCC[C@]12C.C/C(CCCC(C)(C)O)=C1\CC[C@H]2[C@@H](O)CCC[C@]12C.C=C(CCCC(C)(C)C)[C@H]1CC[C@H]2C(=O)CCC[C@]12C.C=C(CCCC(C)(C)O)C1CC[C@H]2[C@@H](O)CCC[C@]12C.C=C1[C@H](O[Si](C)(C)C(C)(C)C)CC(=CCP(=O)(c2ccccc2)c2ccccc2)C[C@H]1O[Si](C)(C)C(C)(C)C. The fourth-order valence-electron chi connectivity index (χ4n) is 22.9. The smallest absolute Gasteiger partial charge is 0.192 e. The second-order valence-corrected chi connectivity index (χ2v) is 59.6. The minimum absolute atomic E-state index is 0.0876. The summed E-state index contributed by atoms with van der Waals surface area (Å²) in [6, 6.07) is 19.9. The zero-order valence-corrected chi connectivity index (χ0v) is 84.2. The summed E-state index contributed by atoms with van der Waals surface area (Å²) in [4.78, 5) is 24.3. The number of Topliss-reactive ketones (excluding diaryl/α,β-unsaturated/α-hetero) is 2. The van der Waals surface area contributed by atoms with Gasteiger partial charge in [0.15, 0.2) is 16.6 Å². The standard InChI is InChI=1S/C33H51O3PSi2.2C19H32O.2C18H32O2/c1-26-30(35-38(8,9)32(2,3)4)24-27(25-31(26)36-39(10,11)33(5,6)7)22-23-37(34,28-18-14-12-15-19-28)29-20-16-13-17-21-29;2*1-14(8-6-12-18(2,3)4)15-10-11-16-17(20)9-7-13-19(15,16)5;2*1-13(7-5-11-17(2,3)20)14-9-10-15-16(19)8-6-12-18(14,15)4/h12-22,30-31H,1,23-25H2,2-11H3;16H,6-13H2,1-5H3;15-16H,1,6-13H2,2-5H3;15-16,19-20H,5-12H2,1-4H3;14-16,19-20H,1,5-12H2,2-4H3/b;15-14-;;14-13-;/t30-,31-;16-,19+;15-,16+,19-;15-,16-,18+;14?,15-,16-,18+/m10100/s1. The molecule has 0 aliphatic heterocycles. The molecule has 9 aliphatic rings. The second-order valence-electron chi connectivity index (χ2n) is 47.2. The molecule has 0 saturated heterocycles. The minimum Gasteiger partial charge on any atom is -0.410 e. The predicted octanol–water partition coefficient (Wildman–Crippen LogP) is 28.6. The first-order valence-electron chi connectivity index (χ1n) is 47.9. The maximum atomic E-state index is 14.7. The van der Waals surface area contributed by atoms with E-state index in [1.165, 1.54) is 106 Å². The molecule has 0 radical (unpaired) electrons. The number of ketones is 2. The number of aliphatic hydroxyl groups excluding tert-OH is 2. The van der Waals surface area contributed by atoms with E-state index in [0.717, 1.165) is 151 Å². The number of fused-ring (bicyclic) bond motifs is 4. The highest BCUT2D eigenvalue weighted by molar-refractivity contribution is 7.78. The van der Waals surface area contributed by atoms with Crippen LogP contribution in [0.5, 0.6) is 0 Å². The van der Waals surface area contributed by atoms with E-state index in [9.17, 15) is 34.6 Å². The Morgan fingerprint density at radius 2 is 0.882 bits per heavy atom. The van der Waals surface area contributed by atoms with Gasteiger partial charge in [0, 0.05) is 41.4 Å². The zero-order chi connectivity index (χ0) is 89.1. The first-order chi connectivity index (χ1) is 54.8. The van der Waals surface area contributed by atoms with Gasteiger partial charge < -0.3 is 33.8 Å². The zero-order valence-electron chi connectivity index (χ0n) is 81.3. The van der Waals surface area contributed by atoms with E-state index in [2.05, 4.69) is 177 Å². The topological polar surface area (TPSA) is 151 Å². The van der Waals surface area contributed by atoms with Crippen molar-refractivity contribution in [3.63, 3.8) is 0 Å². The maximum absolute atomic E-state index is 14.7. The summed E-state index contributed by atoms with van der Waals surface area (Å²) in [6.45, 7) is 71.7. The van der Waals surface area contributed by atoms with Crippen molar-refractivity contribution in [2.45, 2.75) is 443 Å². The Hall–Kier alpha value is -3.36. The molecule has 14 atom stereocenters. The quantitative estimate of drug-likeness (QED) is 0.0458. The number of rotatable bonds is 24. The first kappa shape index (κ1) is 103. The van der Waals surface area contributed by atoms with Crippen LogP contribution in [0.1, 0.15) is 371 Å². The molecule has 2 aromatic rings. The van der Waals surface area contributed by atoms with Crippen LogP contribution in [0.15, 0.2) is 131 Å². The minimum atomic E-state index is -2.84. The molecule has 2 aromatic carbocycles. The third-order valence-electron chi connectivity index (χ3n) is 32.2. The number of carbonyl (C=O) groups is 2. The van der Waals surface area contributed by atoms with Crippen molar-refractivity contribution in [2.75, 3.05) is 6.16 Å². The van der Waals surface area contributed by atoms with E-state index < -0.39 is 35.0 Å². The van der Waals surface area contributed by atoms with Crippen LogP contribution in [0.25, 0.3) is 0 Å². The predicted molar refractivity (Wildman–Crippen MR) is 514 cm³/mol. The lowest BCUT2D eigenvalue weighted by Crippen LogP contribution is -2.49. The summed E-state index contributed by atoms with van der Waals surface area (Å²) in [5.74, 6) is 3.87. The van der Waals surface area contributed by atoms with Crippen LogP contribution in [0.3, 0.4) is 0 Å². The summed E-state index contributed by atoms with van der Waals surface area (Å²) >= 11 is 0. The number of benzene rings is 2. The largest absolute Gasteiger partial charge is 0.410 e. The van der Waals surface area contributed by atoms with Crippen molar-refractivity contribution in [3.05, 3.63) is 131 Å². The van der Waals surface area contributed by atoms with E-state index in [1.807, 2.05) is 88.4 Å². The van der Waals surface area contributed by atoms with Gasteiger partial charge in [-0.15, -0.1) is 0 Å². The molecule has 0 bridgehead atoms. The van der Waals surface area contributed by atoms with Gasteiger partial charge in [-0.1, -0.05) is 243 Å². The van der Waals surface area contributed by atoms with Crippen LogP contribution >= 0.6 is 7.14 Å². The molecule has 0 heterocycles. The van der Waals surface area contributed by atoms with Gasteiger partial charge in [-0.2, -0.15) is 0 Å². The Balaban J connectivity index is 0.000000213. The first-order valence-corrected chi connectivity index (χ1v) is 55.6. The molecule has 9 saturated carbocycles. The molecule has 9 fully saturated rings. The van der Waals surface area contributed by atoms with Crippen LogP contribution in [0, 0.1) is 68.0 Å². The van der Waals surface area contributed by atoms with Crippen LogP contribution < -0.4 is 10.6 Å². The van der Waals surface area contributed by atoms with Gasteiger partial charge in [0.05, 0.1) is 35.6 Å². The average Bonchev–Trinajstić information content (AvgIpc) is 1.64. The fraction of sp³-hybridized carbons (Fsp3) is 0.757.